The highest BCUT2D eigenvalue weighted by atomic mass is 16.3. The molecule has 0 saturated carbocycles. The zero-order valence-electron chi connectivity index (χ0n) is 16.3. The number of carbonyl (C=O) groups is 1. The summed E-state index contributed by atoms with van der Waals surface area (Å²) in [6.45, 7) is 2.86. The smallest absolute Gasteiger partial charge is 0.290 e. The van der Waals surface area contributed by atoms with Crippen LogP contribution in [0.15, 0.2) is 49.1 Å². The molecule has 1 unspecified atom stereocenters. The second-order valence-corrected chi connectivity index (χ2v) is 6.58. The van der Waals surface area contributed by atoms with Gasteiger partial charge in [0.15, 0.2) is 0 Å². The molecule has 0 aliphatic heterocycles. The highest BCUT2D eigenvalue weighted by molar-refractivity contribution is 5.56. The topological polar surface area (TPSA) is 76.2 Å². The fraction of sp³-hybridized carbons (Fsp3) is 0.350. The van der Waals surface area contributed by atoms with Crippen molar-refractivity contribution in [2.45, 2.75) is 25.9 Å². The van der Waals surface area contributed by atoms with Crippen molar-refractivity contribution in [2.24, 2.45) is 7.05 Å². The number of aryl methyl sites for hydroxylation is 3. The predicted octanol–water partition coefficient (Wildman–Crippen LogP) is 2.85. The van der Waals surface area contributed by atoms with Crippen LogP contribution in [0.25, 0.3) is 11.4 Å². The summed E-state index contributed by atoms with van der Waals surface area (Å²) in [5.41, 5.74) is 3.71. The lowest BCUT2D eigenvalue weighted by molar-refractivity contribution is -0.122. The molecule has 144 valence electrons. The van der Waals surface area contributed by atoms with E-state index in [1.165, 1.54) is 11.1 Å². The van der Waals surface area contributed by atoms with E-state index in [0.29, 0.717) is 6.04 Å². The van der Waals surface area contributed by atoms with Crippen molar-refractivity contribution in [1.82, 2.24) is 24.2 Å². The van der Waals surface area contributed by atoms with Crippen molar-refractivity contribution in [3.05, 3.63) is 60.2 Å². The summed E-state index contributed by atoms with van der Waals surface area (Å²) in [6, 6.07) is 9.13. The number of aromatic nitrogens is 4. The van der Waals surface area contributed by atoms with Crippen LogP contribution in [0, 0.1) is 0 Å². The van der Waals surface area contributed by atoms with Gasteiger partial charge in [0.25, 0.3) is 6.47 Å². The maximum atomic E-state index is 8.36. The van der Waals surface area contributed by atoms with Crippen LogP contribution in [0.3, 0.4) is 0 Å². The van der Waals surface area contributed by atoms with Gasteiger partial charge in [0.2, 0.25) is 0 Å². The van der Waals surface area contributed by atoms with E-state index >= 15 is 0 Å². The second-order valence-electron chi connectivity index (χ2n) is 6.58. The van der Waals surface area contributed by atoms with Gasteiger partial charge in [-0.3, -0.25) is 9.48 Å². The van der Waals surface area contributed by atoms with Crippen molar-refractivity contribution >= 4 is 6.47 Å². The van der Waals surface area contributed by atoms with Crippen molar-refractivity contribution in [3.63, 3.8) is 0 Å². The maximum Gasteiger partial charge on any atom is 0.290 e. The molecule has 0 saturated heterocycles. The van der Waals surface area contributed by atoms with Crippen LogP contribution in [0.1, 0.15) is 24.1 Å². The maximum absolute atomic E-state index is 8.36. The molecule has 0 bridgehead atoms. The van der Waals surface area contributed by atoms with E-state index in [1.54, 1.807) is 0 Å². The minimum absolute atomic E-state index is 0.250. The molecule has 7 nitrogen and oxygen atoms in total. The summed E-state index contributed by atoms with van der Waals surface area (Å²) in [5, 5.41) is 11.1. The summed E-state index contributed by atoms with van der Waals surface area (Å²) in [6.07, 6.45) is 8.85. The molecule has 0 aliphatic rings. The van der Waals surface area contributed by atoms with Gasteiger partial charge in [0.05, 0.1) is 6.20 Å². The standard InChI is InChI=1S/C19H25N5.CH2O2/c1-15(22(2)3)17-5-7-18(8-6-17)19-20-10-12-24(19)11-9-16-13-21-23(4)14-16;2-1-3/h5-8,10,12-15H,9,11H2,1-4H3;1H,(H,2,3). The Bertz CT molecular complexity index is 836. The molecule has 0 fully saturated rings. The molecule has 3 aromatic rings. The van der Waals surface area contributed by atoms with Crippen LogP contribution in [0.5, 0.6) is 0 Å². The molecule has 1 N–H and O–H groups in total. The highest BCUT2D eigenvalue weighted by Gasteiger charge is 2.10. The van der Waals surface area contributed by atoms with Crippen molar-refractivity contribution in [2.75, 3.05) is 14.1 Å². The molecule has 0 spiro atoms. The summed E-state index contributed by atoms with van der Waals surface area (Å²) >= 11 is 0. The molecular formula is C20H27N5O2. The Morgan fingerprint density at radius 1 is 1.26 bits per heavy atom. The number of rotatable bonds is 6. The quantitative estimate of drug-likeness (QED) is 0.676. The number of hydrogen-bond acceptors (Lipinski definition) is 4. The van der Waals surface area contributed by atoms with Crippen LogP contribution >= 0.6 is 0 Å². The minimum Gasteiger partial charge on any atom is -0.483 e. The van der Waals surface area contributed by atoms with Gasteiger partial charge in [-0.1, -0.05) is 24.3 Å². The first-order chi connectivity index (χ1) is 13.0. The van der Waals surface area contributed by atoms with E-state index in [0.717, 1.165) is 24.4 Å². The minimum atomic E-state index is -0.250. The molecule has 1 atom stereocenters. The fourth-order valence-corrected chi connectivity index (χ4v) is 2.81. The Hall–Kier alpha value is -2.93. The number of carboxylic acid groups (broad SMARTS) is 1. The highest BCUT2D eigenvalue weighted by Crippen LogP contribution is 2.23. The number of nitrogens with zero attached hydrogens (tertiary/aromatic N) is 5. The van der Waals surface area contributed by atoms with E-state index in [-0.39, 0.29) is 6.47 Å². The average molecular weight is 369 g/mol. The molecule has 3 rings (SSSR count). The molecule has 2 aromatic heterocycles. The Balaban J connectivity index is 0.000000817. The lowest BCUT2D eigenvalue weighted by atomic mass is 10.1. The Morgan fingerprint density at radius 3 is 2.48 bits per heavy atom. The zero-order valence-corrected chi connectivity index (χ0v) is 16.3. The van der Waals surface area contributed by atoms with E-state index in [2.05, 4.69) is 71.0 Å². The van der Waals surface area contributed by atoms with Crippen LogP contribution in [-0.4, -0.2) is 49.9 Å². The van der Waals surface area contributed by atoms with Crippen LogP contribution in [0.4, 0.5) is 0 Å². The van der Waals surface area contributed by atoms with E-state index in [4.69, 9.17) is 9.90 Å². The van der Waals surface area contributed by atoms with Gasteiger partial charge >= 0.3 is 0 Å². The van der Waals surface area contributed by atoms with E-state index < -0.39 is 0 Å². The largest absolute Gasteiger partial charge is 0.483 e. The third-order valence-corrected chi connectivity index (χ3v) is 4.54. The lowest BCUT2D eigenvalue weighted by Gasteiger charge is -2.20. The van der Waals surface area contributed by atoms with E-state index in [1.807, 2.05) is 30.3 Å². The lowest BCUT2D eigenvalue weighted by Crippen LogP contribution is -2.16. The molecule has 0 aliphatic carbocycles. The first-order valence-corrected chi connectivity index (χ1v) is 8.79. The van der Waals surface area contributed by atoms with Gasteiger partial charge in [-0.2, -0.15) is 5.10 Å². The van der Waals surface area contributed by atoms with Crippen LogP contribution in [-0.2, 0) is 24.8 Å². The Labute approximate surface area is 159 Å². The average Bonchev–Trinajstić information content (AvgIpc) is 3.28. The van der Waals surface area contributed by atoms with Gasteiger partial charge in [-0.05, 0) is 38.6 Å². The van der Waals surface area contributed by atoms with Gasteiger partial charge in [-0.25, -0.2) is 4.98 Å². The van der Waals surface area contributed by atoms with Crippen molar-refractivity contribution in [1.29, 1.82) is 0 Å². The summed E-state index contributed by atoms with van der Waals surface area (Å²) in [7, 11) is 6.15. The van der Waals surface area contributed by atoms with Gasteiger partial charge in [0.1, 0.15) is 5.82 Å². The molecule has 0 amide bonds. The van der Waals surface area contributed by atoms with Crippen molar-refractivity contribution < 1.29 is 9.90 Å². The molecule has 1 aromatic carbocycles. The molecule has 0 radical (unpaired) electrons. The summed E-state index contributed by atoms with van der Waals surface area (Å²) in [4.78, 5) is 15.1. The monoisotopic (exact) mass is 369 g/mol. The van der Waals surface area contributed by atoms with Crippen LogP contribution < -0.4 is 0 Å². The fourth-order valence-electron chi connectivity index (χ4n) is 2.81. The van der Waals surface area contributed by atoms with Gasteiger partial charge in [0, 0.05) is 43.8 Å². The Kier molecular flexibility index (Phi) is 7.31. The zero-order chi connectivity index (χ0) is 19.8. The van der Waals surface area contributed by atoms with Gasteiger partial charge in [-0.15, -0.1) is 0 Å². The molecule has 27 heavy (non-hydrogen) atoms. The molecule has 2 heterocycles. The van der Waals surface area contributed by atoms with Gasteiger partial charge < -0.3 is 14.6 Å². The van der Waals surface area contributed by atoms with Crippen molar-refractivity contribution in [3.8, 4) is 11.4 Å². The third-order valence-electron chi connectivity index (χ3n) is 4.54. The SMILES string of the molecule is CC(c1ccc(-c2nccn2CCc2cnn(C)c2)cc1)N(C)C.O=CO. The number of imidazole rings is 1. The molecular weight excluding hydrogens is 342 g/mol. The molecule has 7 heteroatoms. The Morgan fingerprint density at radius 2 is 1.93 bits per heavy atom. The third kappa shape index (κ3) is 5.52. The number of benzene rings is 1. The number of hydrogen-bond donors (Lipinski definition) is 1. The summed E-state index contributed by atoms with van der Waals surface area (Å²) < 4.78 is 4.05. The summed E-state index contributed by atoms with van der Waals surface area (Å²) in [5.74, 6) is 1.02. The first kappa shape index (κ1) is 20.4. The second kappa shape index (κ2) is 9.68. The van der Waals surface area contributed by atoms with Crippen LogP contribution in [0.2, 0.25) is 0 Å². The first-order valence-electron chi connectivity index (χ1n) is 8.79. The van der Waals surface area contributed by atoms with E-state index in [9.17, 15) is 0 Å². The normalized spacial score (nSPS) is 11.7. The predicted molar refractivity (Wildman–Crippen MR) is 105 cm³/mol.